The van der Waals surface area contributed by atoms with Gasteiger partial charge in [0.1, 0.15) is 5.52 Å². The first-order valence-corrected chi connectivity index (χ1v) is 7.87. The Labute approximate surface area is 138 Å². The van der Waals surface area contributed by atoms with E-state index in [2.05, 4.69) is 25.1 Å². The van der Waals surface area contributed by atoms with Gasteiger partial charge in [-0.1, -0.05) is 4.49 Å². The van der Waals surface area contributed by atoms with Crippen molar-refractivity contribution < 1.29 is 0 Å². The van der Waals surface area contributed by atoms with Crippen molar-refractivity contribution in [3.05, 3.63) is 42.5 Å². The van der Waals surface area contributed by atoms with Gasteiger partial charge in [-0.15, -0.1) is 5.10 Å². The van der Waals surface area contributed by atoms with Gasteiger partial charge < -0.3 is 15.5 Å². The van der Waals surface area contributed by atoms with Gasteiger partial charge >= 0.3 is 0 Å². The maximum absolute atomic E-state index is 5.34. The number of benzene rings is 2. The molecule has 2 aromatic carbocycles. The number of aromatic nitrogens is 2. The lowest BCUT2D eigenvalue weighted by Crippen LogP contribution is -2.19. The van der Waals surface area contributed by atoms with Crippen molar-refractivity contribution in [3.8, 4) is 0 Å². The summed E-state index contributed by atoms with van der Waals surface area (Å²) in [6, 6.07) is 14.0. The van der Waals surface area contributed by atoms with Gasteiger partial charge in [0.05, 0.1) is 4.70 Å². The number of nitrogens with zero attached hydrogens (tertiary/aromatic N) is 3. The zero-order valence-corrected chi connectivity index (χ0v) is 13.8. The van der Waals surface area contributed by atoms with E-state index in [1.807, 2.05) is 56.6 Å². The highest BCUT2D eigenvalue weighted by molar-refractivity contribution is 7.80. The lowest BCUT2D eigenvalue weighted by Gasteiger charge is -2.14. The fraction of sp³-hybridized carbons (Fsp3) is 0.133. The molecule has 1 aromatic heterocycles. The molecule has 0 unspecified atom stereocenters. The summed E-state index contributed by atoms with van der Waals surface area (Å²) in [7, 11) is 4.02. The first-order chi connectivity index (χ1) is 10.6. The van der Waals surface area contributed by atoms with E-state index in [1.54, 1.807) is 0 Å². The Morgan fingerprint density at radius 1 is 1.05 bits per heavy atom. The molecular formula is C15H15N5S2. The Hall–Kier alpha value is -2.25. The number of thiocarbonyl (C=S) groups is 1. The van der Waals surface area contributed by atoms with E-state index in [1.165, 1.54) is 11.5 Å². The van der Waals surface area contributed by atoms with Gasteiger partial charge in [0.2, 0.25) is 0 Å². The van der Waals surface area contributed by atoms with Gasteiger partial charge in [-0.2, -0.15) is 0 Å². The summed E-state index contributed by atoms with van der Waals surface area (Å²) in [5.41, 5.74) is 3.85. The Morgan fingerprint density at radius 2 is 1.73 bits per heavy atom. The summed E-state index contributed by atoms with van der Waals surface area (Å²) >= 11 is 6.72. The van der Waals surface area contributed by atoms with E-state index < -0.39 is 0 Å². The average Bonchev–Trinajstić information content (AvgIpc) is 2.95. The number of nitrogens with one attached hydrogen (secondary N) is 2. The van der Waals surface area contributed by atoms with Crippen LogP contribution in [0.25, 0.3) is 10.2 Å². The van der Waals surface area contributed by atoms with Crippen LogP contribution in [0.3, 0.4) is 0 Å². The van der Waals surface area contributed by atoms with Crippen molar-refractivity contribution in [2.75, 3.05) is 29.6 Å². The predicted molar refractivity (Wildman–Crippen MR) is 98.0 cm³/mol. The molecular weight excluding hydrogens is 314 g/mol. The van der Waals surface area contributed by atoms with Crippen LogP contribution in [-0.4, -0.2) is 28.8 Å². The fourth-order valence-electron chi connectivity index (χ4n) is 2.00. The molecule has 112 valence electrons. The zero-order chi connectivity index (χ0) is 15.5. The van der Waals surface area contributed by atoms with E-state index in [0.717, 1.165) is 27.3 Å². The van der Waals surface area contributed by atoms with Crippen LogP contribution in [0.5, 0.6) is 0 Å². The van der Waals surface area contributed by atoms with E-state index in [-0.39, 0.29) is 0 Å². The summed E-state index contributed by atoms with van der Waals surface area (Å²) in [5, 5.41) is 10.9. The molecule has 0 saturated carbocycles. The lowest BCUT2D eigenvalue weighted by molar-refractivity contribution is 1.13. The second kappa shape index (κ2) is 6.25. The fourth-order valence-corrected chi connectivity index (χ4v) is 2.77. The summed E-state index contributed by atoms with van der Waals surface area (Å²) in [5.74, 6) is 0. The summed E-state index contributed by atoms with van der Waals surface area (Å²) in [4.78, 5) is 2.05. The molecule has 22 heavy (non-hydrogen) atoms. The van der Waals surface area contributed by atoms with Crippen molar-refractivity contribution in [1.82, 2.24) is 9.59 Å². The first kappa shape index (κ1) is 14.7. The van der Waals surface area contributed by atoms with Crippen LogP contribution in [0.1, 0.15) is 0 Å². The van der Waals surface area contributed by atoms with Gasteiger partial charge in [-0.3, -0.25) is 0 Å². The molecule has 0 aliphatic heterocycles. The highest BCUT2D eigenvalue weighted by Gasteiger charge is 2.03. The molecule has 0 bridgehead atoms. The normalized spacial score (nSPS) is 10.5. The SMILES string of the molecule is CN(C)c1ccc(NC(=S)Nc2ccc3snnc3c2)cc1. The van der Waals surface area contributed by atoms with Crippen LogP contribution in [0, 0.1) is 0 Å². The smallest absolute Gasteiger partial charge is 0.175 e. The van der Waals surface area contributed by atoms with E-state index in [9.17, 15) is 0 Å². The highest BCUT2D eigenvalue weighted by Crippen LogP contribution is 2.20. The Bertz CT molecular complexity index is 795. The minimum absolute atomic E-state index is 0.542. The van der Waals surface area contributed by atoms with Crippen LogP contribution in [0.2, 0.25) is 0 Å². The monoisotopic (exact) mass is 329 g/mol. The quantitative estimate of drug-likeness (QED) is 0.717. The Morgan fingerprint density at radius 3 is 2.45 bits per heavy atom. The third-order valence-electron chi connectivity index (χ3n) is 3.15. The minimum Gasteiger partial charge on any atom is -0.378 e. The van der Waals surface area contributed by atoms with E-state index in [0.29, 0.717) is 5.11 Å². The molecule has 1 heterocycles. The highest BCUT2D eigenvalue weighted by atomic mass is 32.1. The van der Waals surface area contributed by atoms with E-state index in [4.69, 9.17) is 12.2 Å². The maximum atomic E-state index is 5.34. The number of hydrogen-bond acceptors (Lipinski definition) is 5. The molecule has 0 amide bonds. The van der Waals surface area contributed by atoms with Crippen LogP contribution in [0.4, 0.5) is 17.1 Å². The summed E-state index contributed by atoms with van der Waals surface area (Å²) in [6.07, 6.45) is 0. The predicted octanol–water partition coefficient (Wildman–Crippen LogP) is 3.57. The second-order valence-corrected chi connectivity index (χ2v) is 6.17. The molecule has 3 aromatic rings. The van der Waals surface area contributed by atoms with Crippen LogP contribution in [-0.2, 0) is 0 Å². The molecule has 0 aliphatic carbocycles. The standard InChI is InChI=1S/C15H15N5S2/c1-20(2)12-6-3-10(4-7-12)16-15(21)17-11-5-8-14-13(9-11)18-19-22-14/h3-9H,1-2H3,(H2,16,17,21). The van der Waals surface area contributed by atoms with Crippen molar-refractivity contribution in [2.45, 2.75) is 0 Å². The molecule has 2 N–H and O–H groups in total. The van der Waals surface area contributed by atoms with Crippen molar-refractivity contribution in [1.29, 1.82) is 0 Å². The minimum atomic E-state index is 0.542. The summed E-state index contributed by atoms with van der Waals surface area (Å²) in [6.45, 7) is 0. The molecule has 0 fully saturated rings. The molecule has 0 atom stereocenters. The van der Waals surface area contributed by atoms with Crippen LogP contribution >= 0.6 is 23.8 Å². The van der Waals surface area contributed by atoms with Crippen molar-refractivity contribution in [2.24, 2.45) is 0 Å². The van der Waals surface area contributed by atoms with Gasteiger partial charge in [0.15, 0.2) is 5.11 Å². The van der Waals surface area contributed by atoms with Crippen molar-refractivity contribution in [3.63, 3.8) is 0 Å². The number of fused-ring (bicyclic) bond motifs is 1. The van der Waals surface area contributed by atoms with Gasteiger partial charge in [0.25, 0.3) is 0 Å². The largest absolute Gasteiger partial charge is 0.378 e. The molecule has 7 heteroatoms. The molecule has 5 nitrogen and oxygen atoms in total. The molecule has 0 radical (unpaired) electrons. The lowest BCUT2D eigenvalue weighted by atomic mass is 10.2. The average molecular weight is 329 g/mol. The number of anilines is 3. The Kier molecular flexibility index (Phi) is 4.17. The number of rotatable bonds is 3. The van der Waals surface area contributed by atoms with E-state index >= 15 is 0 Å². The molecule has 0 spiro atoms. The third kappa shape index (κ3) is 3.32. The van der Waals surface area contributed by atoms with Gasteiger partial charge in [-0.25, -0.2) is 0 Å². The van der Waals surface area contributed by atoms with Gasteiger partial charge in [0, 0.05) is 31.2 Å². The van der Waals surface area contributed by atoms with Crippen LogP contribution < -0.4 is 15.5 Å². The third-order valence-corrected chi connectivity index (χ3v) is 4.06. The molecule has 3 rings (SSSR count). The molecule has 0 saturated heterocycles. The van der Waals surface area contributed by atoms with Crippen molar-refractivity contribution >= 4 is 56.1 Å². The molecule has 0 aliphatic rings. The maximum Gasteiger partial charge on any atom is 0.175 e. The van der Waals surface area contributed by atoms with Gasteiger partial charge in [-0.05, 0) is 66.2 Å². The second-order valence-electron chi connectivity index (χ2n) is 4.98. The summed E-state index contributed by atoms with van der Waals surface area (Å²) < 4.78 is 4.98. The Balaban J connectivity index is 1.66. The number of hydrogen-bond donors (Lipinski definition) is 2. The first-order valence-electron chi connectivity index (χ1n) is 6.69. The topological polar surface area (TPSA) is 53.1 Å². The van der Waals surface area contributed by atoms with Crippen LogP contribution in [0.15, 0.2) is 42.5 Å². The zero-order valence-electron chi connectivity index (χ0n) is 12.2.